The first-order valence-electron chi connectivity index (χ1n) is 8.42. The van der Waals surface area contributed by atoms with Gasteiger partial charge >= 0.3 is 5.97 Å². The van der Waals surface area contributed by atoms with Crippen LogP contribution in [0.4, 0.5) is 5.69 Å². The summed E-state index contributed by atoms with van der Waals surface area (Å²) < 4.78 is 5.24. The standard InChI is InChI=1S/C20H20N2O2/c1-2-24-20(23)17-8-4-7-16-14-5-3-6-15(14)18(22-19(16)17)13-9-11-21-12-10-13/h3-5,7-12,14-15,18,22H,2,6H2,1H3/t14-,15-,18-/m0/s1. The Morgan fingerprint density at radius 1 is 1.29 bits per heavy atom. The number of esters is 1. The van der Waals surface area contributed by atoms with Crippen molar-refractivity contribution in [2.75, 3.05) is 11.9 Å². The van der Waals surface area contributed by atoms with E-state index >= 15 is 0 Å². The maximum absolute atomic E-state index is 12.4. The Bertz CT molecular complexity index is 785. The molecule has 4 heteroatoms. The van der Waals surface area contributed by atoms with Crippen LogP contribution in [0.25, 0.3) is 0 Å². The zero-order chi connectivity index (χ0) is 16.5. The number of aromatic nitrogens is 1. The third-order valence-corrected chi connectivity index (χ3v) is 4.96. The topological polar surface area (TPSA) is 51.2 Å². The molecule has 0 unspecified atom stereocenters. The van der Waals surface area contributed by atoms with Crippen molar-refractivity contribution in [1.82, 2.24) is 4.98 Å². The summed E-state index contributed by atoms with van der Waals surface area (Å²) in [7, 11) is 0. The summed E-state index contributed by atoms with van der Waals surface area (Å²) in [5.74, 6) is 0.516. The predicted octanol–water partition coefficient (Wildman–Crippen LogP) is 4.08. The van der Waals surface area contributed by atoms with Crippen LogP contribution in [0.3, 0.4) is 0 Å². The van der Waals surface area contributed by atoms with Crippen LogP contribution in [0.2, 0.25) is 0 Å². The number of carbonyl (C=O) groups is 1. The van der Waals surface area contributed by atoms with E-state index in [0.29, 0.717) is 24.0 Å². The van der Waals surface area contributed by atoms with Gasteiger partial charge in [0.15, 0.2) is 0 Å². The summed E-state index contributed by atoms with van der Waals surface area (Å²) in [6.45, 7) is 2.21. The summed E-state index contributed by atoms with van der Waals surface area (Å²) in [5.41, 5.74) is 3.91. The Morgan fingerprint density at radius 3 is 2.92 bits per heavy atom. The molecule has 2 aromatic rings. The van der Waals surface area contributed by atoms with Crippen LogP contribution >= 0.6 is 0 Å². The minimum absolute atomic E-state index is 0.163. The molecule has 0 fully saturated rings. The number of allylic oxidation sites excluding steroid dienone is 2. The van der Waals surface area contributed by atoms with E-state index in [4.69, 9.17) is 4.74 Å². The number of anilines is 1. The maximum Gasteiger partial charge on any atom is 0.340 e. The normalized spacial score (nSPS) is 24.0. The molecule has 0 spiro atoms. The molecule has 1 aromatic heterocycles. The zero-order valence-electron chi connectivity index (χ0n) is 13.6. The van der Waals surface area contributed by atoms with Crippen molar-refractivity contribution in [2.45, 2.75) is 25.3 Å². The number of carbonyl (C=O) groups excluding carboxylic acids is 1. The van der Waals surface area contributed by atoms with Crippen molar-refractivity contribution in [2.24, 2.45) is 5.92 Å². The zero-order valence-corrected chi connectivity index (χ0v) is 13.6. The van der Waals surface area contributed by atoms with Crippen LogP contribution in [-0.2, 0) is 4.74 Å². The Morgan fingerprint density at radius 2 is 2.12 bits per heavy atom. The molecule has 0 bridgehead atoms. The lowest BCUT2D eigenvalue weighted by molar-refractivity contribution is 0.0527. The number of nitrogens with zero attached hydrogens (tertiary/aromatic N) is 1. The van der Waals surface area contributed by atoms with Crippen molar-refractivity contribution in [3.05, 3.63) is 71.6 Å². The highest BCUT2D eigenvalue weighted by atomic mass is 16.5. The fraction of sp³-hybridized carbons (Fsp3) is 0.300. The van der Waals surface area contributed by atoms with Gasteiger partial charge in [-0.3, -0.25) is 4.98 Å². The van der Waals surface area contributed by atoms with Crippen LogP contribution in [-0.4, -0.2) is 17.6 Å². The Hall–Kier alpha value is -2.62. The molecule has 0 amide bonds. The molecule has 24 heavy (non-hydrogen) atoms. The predicted molar refractivity (Wildman–Crippen MR) is 93.0 cm³/mol. The Balaban J connectivity index is 1.80. The molecule has 4 nitrogen and oxygen atoms in total. The van der Waals surface area contributed by atoms with E-state index in [1.165, 1.54) is 11.1 Å². The number of benzene rings is 1. The lowest BCUT2D eigenvalue weighted by Crippen LogP contribution is -2.30. The fourth-order valence-corrected chi connectivity index (χ4v) is 3.90. The first-order chi connectivity index (χ1) is 11.8. The molecule has 2 heterocycles. The van der Waals surface area contributed by atoms with Crippen LogP contribution in [0.1, 0.15) is 46.8 Å². The van der Waals surface area contributed by atoms with Crippen molar-refractivity contribution in [3.8, 4) is 0 Å². The molecule has 1 aliphatic carbocycles. The van der Waals surface area contributed by atoms with Gasteiger partial charge in [0, 0.05) is 18.3 Å². The van der Waals surface area contributed by atoms with Gasteiger partial charge in [0.05, 0.1) is 23.9 Å². The summed E-state index contributed by atoms with van der Waals surface area (Å²) >= 11 is 0. The average molecular weight is 320 g/mol. The number of para-hydroxylation sites is 1. The van der Waals surface area contributed by atoms with Crippen LogP contribution in [0.5, 0.6) is 0 Å². The summed E-state index contributed by atoms with van der Waals surface area (Å²) in [6, 6.07) is 10.2. The molecule has 0 saturated heterocycles. The number of hydrogen-bond acceptors (Lipinski definition) is 4. The number of pyridine rings is 1. The van der Waals surface area contributed by atoms with E-state index in [1.54, 1.807) is 0 Å². The van der Waals surface area contributed by atoms with Crippen molar-refractivity contribution in [3.63, 3.8) is 0 Å². The summed E-state index contributed by atoms with van der Waals surface area (Å²) in [6.07, 6.45) is 9.20. The van der Waals surface area contributed by atoms with E-state index in [0.717, 1.165) is 12.1 Å². The van der Waals surface area contributed by atoms with Crippen molar-refractivity contribution < 1.29 is 9.53 Å². The molecule has 0 saturated carbocycles. The molecule has 4 rings (SSSR count). The SMILES string of the molecule is CCOC(=O)c1cccc2c1N[C@@H](c1ccncc1)[C@H]1CC=C[C@H]21. The van der Waals surface area contributed by atoms with Gasteiger partial charge in [-0.05, 0) is 48.6 Å². The monoisotopic (exact) mass is 320 g/mol. The highest BCUT2D eigenvalue weighted by Crippen LogP contribution is 2.50. The highest BCUT2D eigenvalue weighted by Gasteiger charge is 2.39. The van der Waals surface area contributed by atoms with Gasteiger partial charge in [-0.1, -0.05) is 24.3 Å². The van der Waals surface area contributed by atoms with E-state index in [1.807, 2.05) is 43.6 Å². The van der Waals surface area contributed by atoms with Crippen molar-refractivity contribution in [1.29, 1.82) is 0 Å². The van der Waals surface area contributed by atoms with Gasteiger partial charge in [-0.2, -0.15) is 0 Å². The third kappa shape index (κ3) is 2.39. The van der Waals surface area contributed by atoms with Gasteiger partial charge in [0.1, 0.15) is 0 Å². The summed E-state index contributed by atoms with van der Waals surface area (Å²) in [5, 5.41) is 3.62. The minimum atomic E-state index is -0.268. The van der Waals surface area contributed by atoms with E-state index in [2.05, 4.69) is 28.5 Å². The molecule has 2 aliphatic rings. The lowest BCUT2D eigenvalue weighted by Gasteiger charge is -2.38. The molecule has 122 valence electrons. The maximum atomic E-state index is 12.4. The number of nitrogens with one attached hydrogen (secondary N) is 1. The second-order valence-electron chi connectivity index (χ2n) is 6.25. The highest BCUT2D eigenvalue weighted by molar-refractivity contribution is 5.97. The fourth-order valence-electron chi connectivity index (χ4n) is 3.90. The lowest BCUT2D eigenvalue weighted by atomic mass is 9.76. The minimum Gasteiger partial charge on any atom is -0.462 e. The molecular formula is C20H20N2O2. The van der Waals surface area contributed by atoms with Gasteiger partial charge < -0.3 is 10.1 Å². The quantitative estimate of drug-likeness (QED) is 0.684. The van der Waals surface area contributed by atoms with Gasteiger partial charge in [-0.25, -0.2) is 4.79 Å². The molecule has 1 N–H and O–H groups in total. The van der Waals surface area contributed by atoms with Gasteiger partial charge in [-0.15, -0.1) is 0 Å². The number of ether oxygens (including phenoxy) is 1. The molecule has 1 aromatic carbocycles. The first-order valence-corrected chi connectivity index (χ1v) is 8.42. The Labute approximate surface area is 141 Å². The number of hydrogen-bond donors (Lipinski definition) is 1. The second kappa shape index (κ2) is 6.11. The van der Waals surface area contributed by atoms with Crippen molar-refractivity contribution >= 4 is 11.7 Å². The van der Waals surface area contributed by atoms with E-state index in [-0.39, 0.29) is 12.0 Å². The summed E-state index contributed by atoms with van der Waals surface area (Å²) in [4.78, 5) is 16.5. The largest absolute Gasteiger partial charge is 0.462 e. The van der Waals surface area contributed by atoms with E-state index < -0.39 is 0 Å². The Kier molecular flexibility index (Phi) is 3.81. The second-order valence-corrected chi connectivity index (χ2v) is 6.25. The van der Waals surface area contributed by atoms with E-state index in [9.17, 15) is 4.79 Å². The van der Waals surface area contributed by atoms with Gasteiger partial charge in [0.2, 0.25) is 0 Å². The number of rotatable bonds is 3. The van der Waals surface area contributed by atoms with Crippen LogP contribution < -0.4 is 5.32 Å². The molecule has 3 atom stereocenters. The van der Waals surface area contributed by atoms with Crippen LogP contribution in [0, 0.1) is 5.92 Å². The third-order valence-electron chi connectivity index (χ3n) is 4.96. The smallest absolute Gasteiger partial charge is 0.340 e. The van der Waals surface area contributed by atoms with Gasteiger partial charge in [0.25, 0.3) is 0 Å². The molecular weight excluding hydrogens is 300 g/mol. The number of fused-ring (bicyclic) bond motifs is 3. The molecule has 0 radical (unpaired) electrons. The van der Waals surface area contributed by atoms with Crippen LogP contribution in [0.15, 0.2) is 54.9 Å². The average Bonchev–Trinajstić information content (AvgIpc) is 3.11. The first kappa shape index (κ1) is 14.9. The molecule has 1 aliphatic heterocycles.